The fourth-order valence-electron chi connectivity index (χ4n) is 2.25. The lowest BCUT2D eigenvalue weighted by molar-refractivity contribution is 0.249. The number of anilines is 1. The highest BCUT2D eigenvalue weighted by molar-refractivity contribution is 7.03. The maximum atomic E-state index is 4.29. The van der Waals surface area contributed by atoms with Gasteiger partial charge in [0.25, 0.3) is 0 Å². The Labute approximate surface area is 111 Å². The zero-order valence-corrected chi connectivity index (χ0v) is 11.0. The molecular weight excluding hydrogens is 244 g/mol. The molecule has 0 atom stereocenters. The first kappa shape index (κ1) is 11.6. The minimum atomic E-state index is 0.888. The van der Waals surface area contributed by atoms with Crippen molar-refractivity contribution >= 4 is 17.5 Å². The van der Waals surface area contributed by atoms with Gasteiger partial charge in [0.05, 0.1) is 0 Å². The van der Waals surface area contributed by atoms with Crippen LogP contribution in [0.3, 0.4) is 0 Å². The molecule has 5 heteroatoms. The van der Waals surface area contributed by atoms with E-state index in [9.17, 15) is 0 Å². The summed E-state index contributed by atoms with van der Waals surface area (Å²) < 4.78 is 4.29. The van der Waals surface area contributed by atoms with Crippen LogP contribution in [0.2, 0.25) is 0 Å². The second kappa shape index (κ2) is 5.46. The van der Waals surface area contributed by atoms with Gasteiger partial charge in [0.2, 0.25) is 5.95 Å². The average Bonchev–Trinajstić information content (AvgIpc) is 2.95. The molecule has 1 saturated heterocycles. The van der Waals surface area contributed by atoms with E-state index in [1.807, 2.05) is 0 Å². The van der Waals surface area contributed by atoms with Crippen molar-refractivity contribution in [3.8, 4) is 0 Å². The van der Waals surface area contributed by atoms with Crippen LogP contribution in [-0.2, 0) is 6.54 Å². The zero-order valence-electron chi connectivity index (χ0n) is 10.2. The van der Waals surface area contributed by atoms with Crippen molar-refractivity contribution in [3.63, 3.8) is 0 Å². The highest BCUT2D eigenvalue weighted by Crippen LogP contribution is 2.13. The summed E-state index contributed by atoms with van der Waals surface area (Å²) in [6, 6.07) is 10.6. The van der Waals surface area contributed by atoms with Crippen molar-refractivity contribution in [2.24, 2.45) is 0 Å². The lowest BCUT2D eigenvalue weighted by Gasteiger charge is -2.34. The summed E-state index contributed by atoms with van der Waals surface area (Å²) in [6.45, 7) is 5.23. The third-order valence-corrected chi connectivity index (χ3v) is 3.72. The summed E-state index contributed by atoms with van der Waals surface area (Å²) in [4.78, 5) is 9.01. The number of rotatable bonds is 3. The molecule has 0 unspecified atom stereocenters. The van der Waals surface area contributed by atoms with Crippen LogP contribution < -0.4 is 4.90 Å². The van der Waals surface area contributed by atoms with E-state index in [1.165, 1.54) is 17.1 Å². The molecule has 0 spiro atoms. The molecule has 1 aliphatic heterocycles. The van der Waals surface area contributed by atoms with Crippen molar-refractivity contribution in [1.29, 1.82) is 0 Å². The number of aromatic nitrogens is 2. The molecule has 0 saturated carbocycles. The molecule has 18 heavy (non-hydrogen) atoms. The van der Waals surface area contributed by atoms with E-state index in [4.69, 9.17) is 0 Å². The maximum absolute atomic E-state index is 4.29. The number of piperazine rings is 1. The smallest absolute Gasteiger partial charge is 0.237 e. The van der Waals surface area contributed by atoms with Crippen molar-refractivity contribution < 1.29 is 0 Å². The van der Waals surface area contributed by atoms with E-state index < -0.39 is 0 Å². The number of nitrogens with zero attached hydrogens (tertiary/aromatic N) is 4. The molecule has 4 nitrogen and oxygen atoms in total. The Kier molecular flexibility index (Phi) is 3.52. The largest absolute Gasteiger partial charge is 0.338 e. The molecule has 3 rings (SSSR count). The molecule has 0 N–H and O–H groups in total. The summed E-state index contributed by atoms with van der Waals surface area (Å²) in [6.07, 6.45) is 0. The molecule has 94 valence electrons. The van der Waals surface area contributed by atoms with E-state index >= 15 is 0 Å². The van der Waals surface area contributed by atoms with Crippen molar-refractivity contribution in [1.82, 2.24) is 14.3 Å². The topological polar surface area (TPSA) is 32.3 Å². The third kappa shape index (κ3) is 2.68. The minimum absolute atomic E-state index is 0.888. The van der Waals surface area contributed by atoms with Gasteiger partial charge in [-0.15, -0.1) is 0 Å². The summed E-state index contributed by atoms with van der Waals surface area (Å²) in [7, 11) is 0. The van der Waals surface area contributed by atoms with Gasteiger partial charge in [-0.25, -0.2) is 4.98 Å². The molecule has 1 aliphatic rings. The van der Waals surface area contributed by atoms with Crippen molar-refractivity contribution in [2.75, 3.05) is 31.1 Å². The van der Waals surface area contributed by atoms with Crippen molar-refractivity contribution in [2.45, 2.75) is 6.54 Å². The molecule has 1 fully saturated rings. The van der Waals surface area contributed by atoms with Crippen LogP contribution in [0, 0.1) is 0 Å². The maximum Gasteiger partial charge on any atom is 0.237 e. The Bertz CT molecular complexity index is 463. The van der Waals surface area contributed by atoms with Gasteiger partial charge < -0.3 is 4.90 Å². The molecule has 2 heterocycles. The minimum Gasteiger partial charge on any atom is -0.338 e. The first-order valence-electron chi connectivity index (χ1n) is 6.19. The Morgan fingerprint density at radius 2 is 1.83 bits per heavy atom. The van der Waals surface area contributed by atoms with Crippen LogP contribution in [0.25, 0.3) is 0 Å². The van der Waals surface area contributed by atoms with Gasteiger partial charge in [0.1, 0.15) is 5.51 Å². The molecule has 0 amide bonds. The van der Waals surface area contributed by atoms with Gasteiger partial charge in [-0.3, -0.25) is 4.90 Å². The monoisotopic (exact) mass is 260 g/mol. The normalized spacial score (nSPS) is 17.0. The fourth-order valence-corrected chi connectivity index (χ4v) is 2.70. The summed E-state index contributed by atoms with van der Waals surface area (Å²) in [5.74, 6) is 0.888. The Hall–Kier alpha value is -1.46. The molecular formula is C13H16N4S. The van der Waals surface area contributed by atoms with Gasteiger partial charge in [0, 0.05) is 32.7 Å². The second-order valence-corrected chi connectivity index (χ2v) is 5.08. The number of hydrogen-bond acceptors (Lipinski definition) is 5. The van der Waals surface area contributed by atoms with Crippen LogP contribution in [0.4, 0.5) is 5.95 Å². The fraction of sp³-hybridized carbons (Fsp3) is 0.385. The Balaban J connectivity index is 1.54. The SMILES string of the molecule is c1ccc(CN2CCN(c3ncsn3)CC2)cc1. The number of benzene rings is 1. The van der Waals surface area contributed by atoms with E-state index in [-0.39, 0.29) is 0 Å². The number of hydrogen-bond donors (Lipinski definition) is 0. The summed E-state index contributed by atoms with van der Waals surface area (Å²) in [5, 5.41) is 0. The van der Waals surface area contributed by atoms with E-state index in [0.29, 0.717) is 0 Å². The molecule has 0 aliphatic carbocycles. The first-order valence-corrected chi connectivity index (χ1v) is 7.03. The highest BCUT2D eigenvalue weighted by atomic mass is 32.1. The summed E-state index contributed by atoms with van der Waals surface area (Å²) >= 11 is 1.42. The predicted octanol–water partition coefficient (Wildman–Crippen LogP) is 1.86. The van der Waals surface area contributed by atoms with Gasteiger partial charge in [-0.1, -0.05) is 30.3 Å². The molecule has 0 radical (unpaired) electrons. The van der Waals surface area contributed by atoms with E-state index in [0.717, 1.165) is 38.7 Å². The van der Waals surface area contributed by atoms with Gasteiger partial charge in [0.15, 0.2) is 0 Å². The lowest BCUT2D eigenvalue weighted by Crippen LogP contribution is -2.46. The van der Waals surface area contributed by atoms with Gasteiger partial charge >= 0.3 is 0 Å². The van der Waals surface area contributed by atoms with Crippen LogP contribution in [0.5, 0.6) is 0 Å². The quantitative estimate of drug-likeness (QED) is 0.843. The second-order valence-electron chi connectivity index (χ2n) is 4.48. The van der Waals surface area contributed by atoms with Crippen LogP contribution in [0.15, 0.2) is 35.8 Å². The summed E-state index contributed by atoms with van der Waals surface area (Å²) in [5.41, 5.74) is 3.18. The molecule has 2 aromatic rings. The van der Waals surface area contributed by atoms with Crippen LogP contribution in [0.1, 0.15) is 5.56 Å². The van der Waals surface area contributed by atoms with Crippen LogP contribution >= 0.6 is 11.5 Å². The van der Waals surface area contributed by atoms with E-state index in [1.54, 1.807) is 5.51 Å². The van der Waals surface area contributed by atoms with Gasteiger partial charge in [-0.05, 0) is 17.1 Å². The van der Waals surface area contributed by atoms with Crippen molar-refractivity contribution in [3.05, 3.63) is 41.4 Å². The molecule has 1 aromatic heterocycles. The first-order chi connectivity index (χ1) is 8.92. The Morgan fingerprint density at radius 3 is 2.50 bits per heavy atom. The van der Waals surface area contributed by atoms with Crippen LogP contribution in [-0.4, -0.2) is 40.4 Å². The highest BCUT2D eigenvalue weighted by Gasteiger charge is 2.18. The molecule has 0 bridgehead atoms. The Morgan fingerprint density at radius 1 is 1.06 bits per heavy atom. The average molecular weight is 260 g/mol. The van der Waals surface area contributed by atoms with E-state index in [2.05, 4.69) is 49.5 Å². The predicted molar refractivity (Wildman–Crippen MR) is 73.8 cm³/mol. The zero-order chi connectivity index (χ0) is 12.2. The standard InChI is InChI=1S/C13H16N4S/c1-2-4-12(5-3-1)10-16-6-8-17(9-7-16)13-14-11-18-15-13/h1-5,11H,6-10H2. The molecule has 1 aromatic carbocycles. The van der Waals surface area contributed by atoms with Gasteiger partial charge in [-0.2, -0.15) is 4.37 Å². The lowest BCUT2D eigenvalue weighted by atomic mass is 10.2. The third-order valence-electron chi connectivity index (χ3n) is 3.25.